The van der Waals surface area contributed by atoms with Gasteiger partial charge >= 0.3 is 5.97 Å². The van der Waals surface area contributed by atoms with E-state index >= 15 is 0 Å². The largest absolute Gasteiger partial charge is 0.422 e. The molecule has 0 aliphatic heterocycles. The number of nitrogen functional groups attached to an aromatic ring is 5. The van der Waals surface area contributed by atoms with Crippen molar-refractivity contribution in [2.45, 2.75) is 19.3 Å². The molecule has 8 heteroatoms. The molecule has 2 unspecified atom stereocenters. The van der Waals surface area contributed by atoms with Crippen LogP contribution >= 0.6 is 0 Å². The first kappa shape index (κ1) is 22.0. The number of hydrogen-bond donors (Lipinski definition) is 5. The third-order valence-electron chi connectivity index (χ3n) is 6.24. The van der Waals surface area contributed by atoms with Crippen LogP contribution in [0.15, 0.2) is 54.6 Å². The van der Waals surface area contributed by atoms with E-state index in [1.54, 1.807) is 12.1 Å². The first-order chi connectivity index (χ1) is 15.7. The topological polar surface area (TPSA) is 173 Å². The lowest BCUT2D eigenvalue weighted by Crippen LogP contribution is -2.35. The summed E-state index contributed by atoms with van der Waals surface area (Å²) in [4.78, 5) is 26.2. The third-order valence-corrected chi connectivity index (χ3v) is 6.24. The number of rotatable bonds is 6. The molecule has 0 radical (unpaired) electrons. The summed E-state index contributed by atoms with van der Waals surface area (Å²) in [5.41, 5.74) is 32.5. The smallest absolute Gasteiger partial charge is 0.345 e. The fourth-order valence-corrected chi connectivity index (χ4v) is 4.17. The van der Waals surface area contributed by atoms with E-state index in [1.807, 2.05) is 24.3 Å². The van der Waals surface area contributed by atoms with E-state index in [9.17, 15) is 9.59 Å². The predicted molar refractivity (Wildman–Crippen MR) is 131 cm³/mol. The number of esters is 1. The van der Waals surface area contributed by atoms with Gasteiger partial charge in [-0.05, 0) is 61.1 Å². The Morgan fingerprint density at radius 1 is 0.788 bits per heavy atom. The van der Waals surface area contributed by atoms with Crippen LogP contribution in [0.3, 0.4) is 0 Å². The van der Waals surface area contributed by atoms with Crippen molar-refractivity contribution in [3.8, 4) is 5.75 Å². The van der Waals surface area contributed by atoms with E-state index in [0.717, 1.165) is 24.1 Å². The molecule has 170 valence electrons. The maximum atomic E-state index is 13.4. The van der Waals surface area contributed by atoms with Gasteiger partial charge in [-0.25, -0.2) is 4.79 Å². The van der Waals surface area contributed by atoms with Crippen molar-refractivity contribution in [1.82, 2.24) is 0 Å². The van der Waals surface area contributed by atoms with Gasteiger partial charge in [0.2, 0.25) is 0 Å². The Morgan fingerprint density at radius 2 is 1.52 bits per heavy atom. The average Bonchev–Trinajstić information content (AvgIpc) is 2.74. The zero-order valence-electron chi connectivity index (χ0n) is 18.1. The molecule has 0 saturated heterocycles. The van der Waals surface area contributed by atoms with Crippen LogP contribution in [0.4, 0.5) is 28.4 Å². The van der Waals surface area contributed by atoms with Crippen molar-refractivity contribution in [2.24, 2.45) is 11.8 Å². The monoisotopic (exact) mass is 445 g/mol. The van der Waals surface area contributed by atoms with Crippen LogP contribution in [0.2, 0.25) is 0 Å². The second-order valence-electron chi connectivity index (χ2n) is 8.42. The summed E-state index contributed by atoms with van der Waals surface area (Å²) in [5.74, 6) is -0.780. The van der Waals surface area contributed by atoms with Crippen LogP contribution in [0.25, 0.3) is 0 Å². The standard InChI is InChI=1S/C25H27N5O3/c26-15-6-8-17(23(10-15)33-25(32)18-11-21(29)22(30)12-20(18)28)24(31)16-7-5-13(16)9-14-3-1-2-4-19(14)27/h1-4,6,8,10-13,16H,5,7,9,26-30H2. The lowest BCUT2D eigenvalue weighted by molar-refractivity contribution is 0.0710. The fourth-order valence-electron chi connectivity index (χ4n) is 4.17. The summed E-state index contributed by atoms with van der Waals surface area (Å²) < 4.78 is 5.56. The average molecular weight is 446 g/mol. The van der Waals surface area contributed by atoms with Crippen LogP contribution in [-0.4, -0.2) is 11.8 Å². The maximum absolute atomic E-state index is 13.4. The first-order valence-electron chi connectivity index (χ1n) is 10.7. The van der Waals surface area contributed by atoms with Crippen molar-refractivity contribution in [1.29, 1.82) is 0 Å². The molecule has 0 bridgehead atoms. The van der Waals surface area contributed by atoms with Crippen LogP contribution in [0, 0.1) is 11.8 Å². The van der Waals surface area contributed by atoms with Crippen molar-refractivity contribution >= 4 is 40.2 Å². The Hall–Kier alpha value is -4.20. The Bertz CT molecular complexity index is 1240. The van der Waals surface area contributed by atoms with Gasteiger partial charge in [0.25, 0.3) is 0 Å². The number of hydrogen-bond acceptors (Lipinski definition) is 8. The minimum Gasteiger partial charge on any atom is -0.422 e. The molecule has 0 heterocycles. The third kappa shape index (κ3) is 4.41. The van der Waals surface area contributed by atoms with Crippen molar-refractivity contribution in [2.75, 3.05) is 28.7 Å². The zero-order valence-corrected chi connectivity index (χ0v) is 18.1. The van der Waals surface area contributed by atoms with Gasteiger partial charge in [-0.2, -0.15) is 0 Å². The fraction of sp³-hybridized carbons (Fsp3) is 0.200. The van der Waals surface area contributed by atoms with Gasteiger partial charge in [0.1, 0.15) is 5.75 Å². The zero-order chi connectivity index (χ0) is 23.7. The normalized spacial score (nSPS) is 17.2. The van der Waals surface area contributed by atoms with E-state index in [2.05, 4.69) is 0 Å². The van der Waals surface area contributed by atoms with Gasteiger partial charge in [-0.15, -0.1) is 0 Å². The van der Waals surface area contributed by atoms with Crippen LogP contribution in [-0.2, 0) is 6.42 Å². The number of Topliss-reactive ketones (excluding diaryl/α,β-unsaturated/α-hetero) is 1. The van der Waals surface area contributed by atoms with Crippen LogP contribution in [0.1, 0.15) is 39.1 Å². The highest BCUT2D eigenvalue weighted by atomic mass is 16.5. The van der Waals surface area contributed by atoms with Crippen LogP contribution in [0.5, 0.6) is 5.75 Å². The van der Waals surface area contributed by atoms with Gasteiger partial charge in [0.05, 0.1) is 22.5 Å². The molecule has 10 N–H and O–H groups in total. The molecule has 0 aromatic heterocycles. The number of carbonyl (C=O) groups is 2. The van der Waals surface area contributed by atoms with Gasteiger partial charge in [-0.3, -0.25) is 4.79 Å². The summed E-state index contributed by atoms with van der Waals surface area (Å²) in [6, 6.07) is 15.1. The Balaban J connectivity index is 1.57. The summed E-state index contributed by atoms with van der Waals surface area (Å²) >= 11 is 0. The number of ether oxygens (including phenoxy) is 1. The molecule has 0 spiro atoms. The molecule has 1 aliphatic rings. The minimum atomic E-state index is -0.749. The molecular formula is C25H27N5O3. The molecule has 33 heavy (non-hydrogen) atoms. The molecule has 4 rings (SSSR count). The number of anilines is 5. The Kier molecular flexibility index (Phi) is 5.83. The molecular weight excluding hydrogens is 418 g/mol. The van der Waals surface area contributed by atoms with Crippen molar-refractivity contribution in [3.63, 3.8) is 0 Å². The van der Waals surface area contributed by atoms with Crippen LogP contribution < -0.4 is 33.4 Å². The number of ketones is 1. The second-order valence-corrected chi connectivity index (χ2v) is 8.42. The van der Waals surface area contributed by atoms with Gasteiger partial charge in [0, 0.05) is 29.0 Å². The lowest BCUT2D eigenvalue weighted by Gasteiger charge is -2.36. The van der Waals surface area contributed by atoms with E-state index in [0.29, 0.717) is 17.7 Å². The quantitative estimate of drug-likeness (QED) is 0.166. The summed E-state index contributed by atoms with van der Waals surface area (Å²) in [7, 11) is 0. The predicted octanol–water partition coefficient (Wildman–Crippen LogP) is 3.27. The van der Waals surface area contributed by atoms with Gasteiger partial charge < -0.3 is 33.4 Å². The summed E-state index contributed by atoms with van der Waals surface area (Å²) in [6.45, 7) is 0. The summed E-state index contributed by atoms with van der Waals surface area (Å²) in [5, 5.41) is 0. The highest BCUT2D eigenvalue weighted by Gasteiger charge is 2.38. The molecule has 1 fully saturated rings. The number of benzene rings is 3. The van der Waals surface area contributed by atoms with Gasteiger partial charge in [-0.1, -0.05) is 18.2 Å². The molecule has 0 amide bonds. The maximum Gasteiger partial charge on any atom is 0.345 e. The highest BCUT2D eigenvalue weighted by Crippen LogP contribution is 2.41. The molecule has 8 nitrogen and oxygen atoms in total. The molecule has 3 aromatic rings. The van der Waals surface area contributed by atoms with Gasteiger partial charge in [0.15, 0.2) is 5.78 Å². The highest BCUT2D eigenvalue weighted by molar-refractivity contribution is 6.04. The molecule has 1 aliphatic carbocycles. The first-order valence-corrected chi connectivity index (χ1v) is 10.7. The number of carbonyl (C=O) groups excluding carboxylic acids is 2. The van der Waals surface area contributed by atoms with E-state index < -0.39 is 5.97 Å². The molecule has 3 aromatic carbocycles. The van der Waals surface area contributed by atoms with Crippen molar-refractivity contribution in [3.05, 3.63) is 71.3 Å². The second kappa shape index (κ2) is 8.74. The molecule has 2 atom stereocenters. The Labute approximate surface area is 191 Å². The van der Waals surface area contributed by atoms with E-state index in [-0.39, 0.29) is 46.0 Å². The number of nitrogens with two attached hydrogens (primary N) is 5. The van der Waals surface area contributed by atoms with E-state index in [4.69, 9.17) is 33.4 Å². The Morgan fingerprint density at radius 3 is 2.21 bits per heavy atom. The van der Waals surface area contributed by atoms with E-state index in [1.165, 1.54) is 18.2 Å². The minimum absolute atomic E-state index is 0.0589. The lowest BCUT2D eigenvalue weighted by atomic mass is 9.67. The molecule has 1 saturated carbocycles. The SMILES string of the molecule is Nc1ccc(C(=O)C2CCC2Cc2ccccc2N)c(OC(=O)c2cc(N)c(N)cc2N)c1. The number of para-hydroxylation sites is 1. The summed E-state index contributed by atoms with van der Waals surface area (Å²) in [6.07, 6.45) is 2.40. The van der Waals surface area contributed by atoms with Crippen molar-refractivity contribution < 1.29 is 14.3 Å².